The molecule has 1 aliphatic rings. The smallest absolute Gasteiger partial charge is 0.214 e. The van der Waals surface area contributed by atoms with Gasteiger partial charge in [0.2, 0.25) is 5.69 Å². The van der Waals surface area contributed by atoms with E-state index in [2.05, 4.69) is 48.4 Å². The zero-order valence-corrected chi connectivity index (χ0v) is 8.39. The Balaban J connectivity index is 2.50. The molecule has 0 fully saturated rings. The highest BCUT2D eigenvalue weighted by Gasteiger charge is 2.36. The van der Waals surface area contributed by atoms with Crippen LogP contribution in [0.4, 0.5) is 5.69 Å². The summed E-state index contributed by atoms with van der Waals surface area (Å²) in [5, 5.41) is 6.15. The van der Waals surface area contributed by atoms with Crippen LogP contribution in [-0.2, 0) is 5.54 Å². The molecule has 2 N–H and O–H groups in total. The first-order valence-corrected chi connectivity index (χ1v) is 4.90. The molecule has 0 amide bonds. The third-order valence-corrected chi connectivity index (χ3v) is 2.91. The van der Waals surface area contributed by atoms with E-state index in [1.54, 1.807) is 0 Å². The summed E-state index contributed by atoms with van der Waals surface area (Å²) in [6, 6.07) is 8.49. The molecule has 2 nitrogen and oxygen atoms in total. The molecule has 2 aromatic rings. The van der Waals surface area contributed by atoms with Gasteiger partial charge in [0, 0.05) is 11.8 Å². The van der Waals surface area contributed by atoms with Crippen molar-refractivity contribution < 1.29 is 4.98 Å². The number of rotatable bonds is 0. The van der Waals surface area contributed by atoms with E-state index in [1.165, 1.54) is 22.2 Å². The molecule has 0 spiro atoms. The van der Waals surface area contributed by atoms with Crippen LogP contribution in [0.15, 0.2) is 30.5 Å². The fourth-order valence-corrected chi connectivity index (χ4v) is 2.27. The van der Waals surface area contributed by atoms with Crippen molar-refractivity contribution in [2.75, 3.05) is 5.32 Å². The van der Waals surface area contributed by atoms with Crippen molar-refractivity contribution in [1.29, 1.82) is 0 Å². The first-order chi connectivity index (χ1) is 6.68. The Kier molecular flexibility index (Phi) is 1.26. The van der Waals surface area contributed by atoms with Gasteiger partial charge in [0.15, 0.2) is 6.20 Å². The van der Waals surface area contributed by atoms with Crippen LogP contribution in [0.3, 0.4) is 0 Å². The average Bonchev–Trinajstić information content (AvgIpc) is 2.41. The van der Waals surface area contributed by atoms with Gasteiger partial charge in [-0.05, 0) is 25.3 Å². The van der Waals surface area contributed by atoms with Crippen molar-refractivity contribution in [3.63, 3.8) is 0 Å². The molecule has 70 valence electrons. The van der Waals surface area contributed by atoms with E-state index in [0.29, 0.717) is 0 Å². The highest BCUT2D eigenvalue weighted by Crippen LogP contribution is 2.39. The molecular weight excluding hydrogens is 172 g/mol. The minimum absolute atomic E-state index is 0.0171. The summed E-state index contributed by atoms with van der Waals surface area (Å²) in [5.74, 6) is 0. The quantitative estimate of drug-likeness (QED) is 0.669. The number of hydrogen-bond acceptors (Lipinski definition) is 1. The van der Waals surface area contributed by atoms with Crippen molar-refractivity contribution >= 4 is 16.5 Å². The molecule has 0 unspecified atom stereocenters. The maximum atomic E-state index is 3.52. The number of pyridine rings is 1. The minimum Gasteiger partial charge on any atom is -0.370 e. The summed E-state index contributed by atoms with van der Waals surface area (Å²) in [5.41, 5.74) is 2.54. The standard InChI is InChI=1S/C12H12N2/c1-12(2)11-10-8(6-7-13-11)4-3-5-9(10)14-12/h3-7,14H,1-2H3/p+1. The third-order valence-electron chi connectivity index (χ3n) is 2.91. The van der Waals surface area contributed by atoms with Gasteiger partial charge >= 0.3 is 0 Å². The lowest BCUT2D eigenvalue weighted by Gasteiger charge is -2.15. The van der Waals surface area contributed by atoms with Crippen LogP contribution < -0.4 is 10.3 Å². The maximum Gasteiger partial charge on any atom is 0.214 e. The number of H-pyrrole nitrogens is 1. The second-order valence-corrected chi connectivity index (χ2v) is 4.37. The van der Waals surface area contributed by atoms with Gasteiger partial charge in [-0.25, -0.2) is 4.98 Å². The lowest BCUT2D eigenvalue weighted by molar-refractivity contribution is -0.393. The van der Waals surface area contributed by atoms with Gasteiger partial charge < -0.3 is 5.32 Å². The Labute approximate surface area is 83.0 Å². The fraction of sp³-hybridized carbons (Fsp3) is 0.250. The summed E-state index contributed by atoms with van der Waals surface area (Å²) in [6.45, 7) is 4.39. The van der Waals surface area contributed by atoms with E-state index < -0.39 is 0 Å². The van der Waals surface area contributed by atoms with Gasteiger partial charge in [-0.1, -0.05) is 12.1 Å². The molecular formula is C12H13N2+. The molecule has 0 bridgehead atoms. The Bertz CT molecular complexity index is 509. The van der Waals surface area contributed by atoms with Crippen LogP contribution in [0.5, 0.6) is 0 Å². The van der Waals surface area contributed by atoms with E-state index in [1.807, 2.05) is 6.20 Å². The van der Waals surface area contributed by atoms with Gasteiger partial charge in [0.25, 0.3) is 0 Å². The van der Waals surface area contributed by atoms with Gasteiger partial charge in [0.05, 0.1) is 5.39 Å². The molecule has 14 heavy (non-hydrogen) atoms. The van der Waals surface area contributed by atoms with Crippen molar-refractivity contribution in [3.05, 3.63) is 36.2 Å². The molecule has 0 saturated carbocycles. The molecule has 0 radical (unpaired) electrons. The molecule has 2 heterocycles. The van der Waals surface area contributed by atoms with Crippen molar-refractivity contribution in [3.8, 4) is 0 Å². The number of hydrogen-bond donors (Lipinski definition) is 1. The Hall–Kier alpha value is -1.57. The van der Waals surface area contributed by atoms with Crippen molar-refractivity contribution in [2.24, 2.45) is 0 Å². The molecule has 1 aliphatic heterocycles. The first-order valence-electron chi connectivity index (χ1n) is 4.90. The maximum absolute atomic E-state index is 3.52. The first kappa shape index (κ1) is 7.80. The number of benzene rings is 1. The number of nitrogens with one attached hydrogen (secondary N) is 2. The Morgan fingerprint density at radius 3 is 2.93 bits per heavy atom. The minimum atomic E-state index is 0.0171. The Morgan fingerprint density at radius 2 is 2.07 bits per heavy atom. The highest BCUT2D eigenvalue weighted by atomic mass is 15.0. The van der Waals surface area contributed by atoms with Gasteiger partial charge in [0.1, 0.15) is 5.54 Å². The van der Waals surface area contributed by atoms with Crippen LogP contribution in [0.25, 0.3) is 10.8 Å². The summed E-state index contributed by atoms with van der Waals surface area (Å²) in [6.07, 6.45) is 2.01. The topological polar surface area (TPSA) is 26.2 Å². The number of aromatic amines is 1. The molecule has 1 aromatic heterocycles. The summed E-state index contributed by atoms with van der Waals surface area (Å²) in [7, 11) is 0. The van der Waals surface area contributed by atoms with Crippen LogP contribution in [-0.4, -0.2) is 0 Å². The molecule has 0 aliphatic carbocycles. The van der Waals surface area contributed by atoms with Crippen LogP contribution in [0, 0.1) is 0 Å². The third kappa shape index (κ3) is 0.830. The largest absolute Gasteiger partial charge is 0.370 e. The predicted molar refractivity (Wildman–Crippen MR) is 57.2 cm³/mol. The van der Waals surface area contributed by atoms with Crippen molar-refractivity contribution in [2.45, 2.75) is 19.4 Å². The molecule has 0 saturated heterocycles. The molecule has 0 atom stereocenters. The highest BCUT2D eigenvalue weighted by molar-refractivity contribution is 5.98. The van der Waals surface area contributed by atoms with Crippen LogP contribution in [0.1, 0.15) is 19.5 Å². The fourth-order valence-electron chi connectivity index (χ4n) is 2.27. The summed E-state index contributed by atoms with van der Waals surface area (Å²) >= 11 is 0. The van der Waals surface area contributed by atoms with Gasteiger partial charge in [-0.15, -0.1) is 0 Å². The summed E-state index contributed by atoms with van der Waals surface area (Å²) < 4.78 is 0. The van der Waals surface area contributed by atoms with Gasteiger partial charge in [-0.3, -0.25) is 0 Å². The molecule has 1 aromatic carbocycles. The van der Waals surface area contributed by atoms with Crippen molar-refractivity contribution in [1.82, 2.24) is 0 Å². The zero-order valence-electron chi connectivity index (χ0n) is 8.39. The average molecular weight is 185 g/mol. The zero-order chi connectivity index (χ0) is 9.76. The summed E-state index contributed by atoms with van der Waals surface area (Å²) in [4.78, 5) is 3.34. The SMILES string of the molecule is CC1(C)Nc2cccc3cc[nH+]c1c23. The number of anilines is 1. The second-order valence-electron chi connectivity index (χ2n) is 4.37. The van der Waals surface area contributed by atoms with E-state index >= 15 is 0 Å². The lowest BCUT2D eigenvalue weighted by atomic mass is 10.00. The van der Waals surface area contributed by atoms with Gasteiger partial charge in [-0.2, -0.15) is 0 Å². The normalized spacial score (nSPS) is 17.0. The van der Waals surface area contributed by atoms with E-state index in [4.69, 9.17) is 0 Å². The monoisotopic (exact) mass is 185 g/mol. The van der Waals surface area contributed by atoms with E-state index in [0.717, 1.165) is 0 Å². The Morgan fingerprint density at radius 1 is 1.21 bits per heavy atom. The second kappa shape index (κ2) is 2.27. The van der Waals surface area contributed by atoms with Crippen LogP contribution >= 0.6 is 0 Å². The van der Waals surface area contributed by atoms with Crippen LogP contribution in [0.2, 0.25) is 0 Å². The molecule has 3 rings (SSSR count). The molecule has 2 heteroatoms. The lowest BCUT2D eigenvalue weighted by Crippen LogP contribution is -2.30. The van der Waals surface area contributed by atoms with E-state index in [-0.39, 0.29) is 5.54 Å². The predicted octanol–water partition coefficient (Wildman–Crippen LogP) is 2.31. The number of aromatic nitrogens is 1. The van der Waals surface area contributed by atoms with E-state index in [9.17, 15) is 0 Å².